The second-order valence-corrected chi connectivity index (χ2v) is 7.40. The van der Waals surface area contributed by atoms with Gasteiger partial charge in [0.2, 0.25) is 0 Å². The molecule has 5 nitrogen and oxygen atoms in total. The van der Waals surface area contributed by atoms with E-state index in [1.54, 1.807) is 4.42 Å². The third kappa shape index (κ3) is 5.70. The Bertz CT molecular complexity index is 265. The van der Waals surface area contributed by atoms with Crippen LogP contribution in [-0.4, -0.2) is 51.2 Å². The molecule has 0 unspecified atom stereocenters. The molecule has 0 aliphatic carbocycles. The predicted octanol–water partition coefficient (Wildman–Crippen LogP) is 2.63. The molecule has 0 radical (unpaired) electrons. The van der Waals surface area contributed by atoms with Crippen molar-refractivity contribution in [3.8, 4) is 0 Å². The van der Waals surface area contributed by atoms with Crippen LogP contribution >= 0.6 is 11.8 Å². The predicted molar refractivity (Wildman–Crippen MR) is 78.5 cm³/mol. The summed E-state index contributed by atoms with van der Waals surface area (Å²) >= 11 is 5.86. The summed E-state index contributed by atoms with van der Waals surface area (Å²) in [5.41, 5.74) is 0. The smallest absolute Gasteiger partial charge is 0.374 e. The monoisotopic (exact) mass is 308 g/mol. The summed E-state index contributed by atoms with van der Waals surface area (Å²) in [7, 11) is -2.48. The number of rotatable bonds is 10. The highest BCUT2D eigenvalue weighted by Crippen LogP contribution is 2.19. The van der Waals surface area contributed by atoms with E-state index in [9.17, 15) is 0 Å². The Morgan fingerprint density at radius 3 is 2.05 bits per heavy atom. The van der Waals surface area contributed by atoms with Gasteiger partial charge < -0.3 is 18.2 Å². The third-order valence-electron chi connectivity index (χ3n) is 2.78. The van der Waals surface area contributed by atoms with Gasteiger partial charge in [-0.3, -0.25) is 4.42 Å². The number of halogens is 1. The molecule has 1 aliphatic rings. The van der Waals surface area contributed by atoms with Crippen LogP contribution in [0, 0.1) is 0 Å². The zero-order valence-electron chi connectivity index (χ0n) is 12.1. The van der Waals surface area contributed by atoms with E-state index in [0.717, 1.165) is 25.7 Å². The summed E-state index contributed by atoms with van der Waals surface area (Å²) in [6.45, 7) is 9.49. The van der Waals surface area contributed by atoms with Gasteiger partial charge in [-0.05, 0) is 27.2 Å². The zero-order valence-corrected chi connectivity index (χ0v) is 13.9. The lowest BCUT2D eigenvalue weighted by Crippen LogP contribution is -2.46. The van der Waals surface area contributed by atoms with Gasteiger partial charge in [0.05, 0.1) is 0 Å². The van der Waals surface area contributed by atoms with Crippen molar-refractivity contribution in [1.29, 1.82) is 0 Å². The van der Waals surface area contributed by atoms with Crippen molar-refractivity contribution in [2.75, 3.05) is 33.0 Å². The van der Waals surface area contributed by atoms with Crippen molar-refractivity contribution in [2.45, 2.75) is 33.2 Å². The van der Waals surface area contributed by atoms with Gasteiger partial charge in [0, 0.05) is 56.6 Å². The van der Waals surface area contributed by atoms with Gasteiger partial charge in [-0.2, -0.15) is 0 Å². The molecule has 1 rings (SSSR count). The highest BCUT2D eigenvalue weighted by atomic mass is 35.5. The van der Waals surface area contributed by atoms with Gasteiger partial charge in [-0.1, -0.05) is 0 Å². The van der Waals surface area contributed by atoms with E-state index in [4.69, 9.17) is 25.1 Å². The lowest BCUT2D eigenvalue weighted by Gasteiger charge is -2.29. The van der Waals surface area contributed by atoms with Crippen molar-refractivity contribution >= 4 is 20.6 Å². The number of nitrogens with zero attached hydrogens (tertiary/aromatic N) is 2. The topological polar surface area (TPSA) is 34.2 Å². The Hall–Kier alpha value is -0.273. The lowest BCUT2D eigenvalue weighted by atomic mass is 10.4. The molecule has 7 heteroatoms. The molecule has 0 fully saturated rings. The first kappa shape index (κ1) is 16.8. The van der Waals surface area contributed by atoms with E-state index in [1.807, 2.05) is 33.2 Å². The van der Waals surface area contributed by atoms with Crippen LogP contribution in [0.1, 0.15) is 27.2 Å². The molecular formula is C12H25ClN2O3Si. The van der Waals surface area contributed by atoms with E-state index >= 15 is 0 Å². The summed E-state index contributed by atoms with van der Waals surface area (Å²) in [6.07, 6.45) is 4.83. The van der Waals surface area contributed by atoms with Crippen molar-refractivity contribution in [3.63, 3.8) is 0 Å². The summed E-state index contributed by atoms with van der Waals surface area (Å²) in [5, 5.41) is 0. The van der Waals surface area contributed by atoms with E-state index in [1.165, 1.54) is 0 Å². The van der Waals surface area contributed by atoms with Gasteiger partial charge >= 0.3 is 8.80 Å². The van der Waals surface area contributed by atoms with Crippen LogP contribution in [0.5, 0.6) is 0 Å². The second-order valence-electron chi connectivity index (χ2n) is 4.24. The molecular weight excluding hydrogens is 284 g/mol. The molecule has 0 bridgehead atoms. The summed E-state index contributed by atoms with van der Waals surface area (Å²) in [5.74, 6) is 0. The molecule has 1 heterocycles. The summed E-state index contributed by atoms with van der Waals surface area (Å²) < 4.78 is 19.1. The molecule has 19 heavy (non-hydrogen) atoms. The minimum Gasteiger partial charge on any atom is -0.374 e. The van der Waals surface area contributed by atoms with Crippen LogP contribution in [-0.2, 0) is 13.3 Å². The zero-order chi connectivity index (χ0) is 14.1. The second kappa shape index (κ2) is 8.81. The quantitative estimate of drug-likeness (QED) is 0.458. The molecule has 0 aromatic heterocycles. The van der Waals surface area contributed by atoms with Crippen LogP contribution in [0.25, 0.3) is 0 Å². The molecule has 0 spiro atoms. The molecule has 0 saturated carbocycles. The molecule has 0 amide bonds. The number of hydrogen-bond acceptors (Lipinski definition) is 5. The Labute approximate surface area is 122 Å². The standard InChI is InChI=1S/C12H25ClN2O3Si/c1-4-16-19(17-5-2,18-6-3)11-7-8-14-9-10-15(13)12-14/h9-10H,4-8,11-12H2,1-3H3. The lowest BCUT2D eigenvalue weighted by molar-refractivity contribution is 0.0702. The first-order valence-electron chi connectivity index (χ1n) is 6.92. The van der Waals surface area contributed by atoms with E-state index < -0.39 is 8.80 Å². The average molecular weight is 309 g/mol. The van der Waals surface area contributed by atoms with Crippen molar-refractivity contribution in [2.24, 2.45) is 0 Å². The third-order valence-corrected chi connectivity index (χ3v) is 6.15. The largest absolute Gasteiger partial charge is 0.500 e. The van der Waals surface area contributed by atoms with Crippen LogP contribution < -0.4 is 0 Å². The maximum atomic E-state index is 5.86. The molecule has 0 atom stereocenters. The molecule has 0 saturated heterocycles. The average Bonchev–Trinajstić information content (AvgIpc) is 2.76. The Kier molecular flexibility index (Phi) is 7.78. The molecule has 0 aromatic rings. The van der Waals surface area contributed by atoms with Crippen molar-refractivity contribution in [1.82, 2.24) is 9.32 Å². The Balaban J connectivity index is 2.40. The summed E-state index contributed by atoms with van der Waals surface area (Å²) in [6, 6.07) is 0.842. The molecule has 0 aromatic carbocycles. The number of hydrogen-bond donors (Lipinski definition) is 0. The van der Waals surface area contributed by atoms with E-state index in [-0.39, 0.29) is 0 Å². The van der Waals surface area contributed by atoms with Gasteiger partial charge in [-0.25, -0.2) is 0 Å². The normalized spacial score (nSPS) is 15.6. The minimum absolute atomic E-state index is 0.630. The molecule has 0 N–H and O–H groups in total. The first-order chi connectivity index (χ1) is 9.15. The highest BCUT2D eigenvalue weighted by molar-refractivity contribution is 6.60. The van der Waals surface area contributed by atoms with E-state index in [0.29, 0.717) is 19.8 Å². The molecule has 112 valence electrons. The van der Waals surface area contributed by atoms with Crippen LogP contribution in [0.4, 0.5) is 0 Å². The first-order valence-corrected chi connectivity index (χ1v) is 9.19. The highest BCUT2D eigenvalue weighted by Gasteiger charge is 2.39. The fraction of sp³-hybridized carbons (Fsp3) is 0.833. The SMILES string of the molecule is CCO[Si](CCCN1C=CN(Cl)C1)(OCC)OCC. The fourth-order valence-electron chi connectivity index (χ4n) is 2.08. The van der Waals surface area contributed by atoms with Crippen molar-refractivity contribution < 1.29 is 13.3 Å². The van der Waals surface area contributed by atoms with Crippen LogP contribution in [0.15, 0.2) is 12.4 Å². The Morgan fingerprint density at radius 2 is 1.63 bits per heavy atom. The summed E-state index contributed by atoms with van der Waals surface area (Å²) in [4.78, 5) is 2.16. The van der Waals surface area contributed by atoms with Gasteiger partial charge in [0.1, 0.15) is 6.67 Å². The van der Waals surface area contributed by atoms with E-state index in [2.05, 4.69) is 4.90 Å². The fourth-order valence-corrected chi connectivity index (χ4v) is 4.86. The van der Waals surface area contributed by atoms with Gasteiger partial charge in [-0.15, -0.1) is 0 Å². The van der Waals surface area contributed by atoms with Crippen LogP contribution in [0.3, 0.4) is 0 Å². The maximum Gasteiger partial charge on any atom is 0.500 e. The van der Waals surface area contributed by atoms with Crippen molar-refractivity contribution in [3.05, 3.63) is 12.4 Å². The Morgan fingerprint density at radius 1 is 1.05 bits per heavy atom. The van der Waals surface area contributed by atoms with Gasteiger partial charge in [0.25, 0.3) is 0 Å². The molecule has 1 aliphatic heterocycles. The minimum atomic E-state index is -2.48. The van der Waals surface area contributed by atoms with Crippen LogP contribution in [0.2, 0.25) is 6.04 Å². The van der Waals surface area contributed by atoms with Gasteiger partial charge in [0.15, 0.2) is 0 Å². The maximum absolute atomic E-state index is 5.86.